The van der Waals surface area contributed by atoms with E-state index in [-0.39, 0.29) is 12.4 Å². The molecule has 17 heavy (non-hydrogen) atoms. The zero-order valence-corrected chi connectivity index (χ0v) is 10.1. The Balaban J connectivity index is 2.53. The van der Waals surface area contributed by atoms with Crippen LogP contribution in [0.5, 0.6) is 0 Å². The van der Waals surface area contributed by atoms with E-state index >= 15 is 0 Å². The van der Waals surface area contributed by atoms with Crippen LogP contribution < -0.4 is 16.4 Å². The van der Waals surface area contributed by atoms with Crippen LogP contribution >= 0.6 is 23.2 Å². The van der Waals surface area contributed by atoms with Crippen LogP contribution in [0.2, 0.25) is 10.0 Å². The van der Waals surface area contributed by atoms with Crippen LogP contribution in [0.15, 0.2) is 23.4 Å². The van der Waals surface area contributed by atoms with E-state index in [1.54, 1.807) is 12.1 Å². The lowest BCUT2D eigenvalue weighted by atomic mass is 10.3. The highest BCUT2D eigenvalue weighted by Crippen LogP contribution is 2.24. The number of nitrogens with one attached hydrogen (secondary N) is 2. The van der Waals surface area contributed by atoms with E-state index < -0.39 is 6.03 Å². The van der Waals surface area contributed by atoms with Crippen molar-refractivity contribution in [1.29, 1.82) is 0 Å². The number of amides is 2. The Bertz CT molecular complexity index is 451. The molecule has 0 aromatic heterocycles. The summed E-state index contributed by atoms with van der Waals surface area (Å²) in [4.78, 5) is 11.3. The van der Waals surface area contributed by atoms with Gasteiger partial charge in [-0.15, -0.1) is 0 Å². The zero-order chi connectivity index (χ0) is 12.8. The normalized spacial score (nSPS) is 11.1. The molecule has 1 aromatic rings. The Hall–Kier alpha value is -1.66. The van der Waals surface area contributed by atoms with Crippen LogP contribution in [-0.4, -0.2) is 23.6 Å². The highest BCUT2D eigenvalue weighted by molar-refractivity contribution is 6.42. The van der Waals surface area contributed by atoms with Crippen molar-refractivity contribution in [2.24, 2.45) is 10.9 Å². The molecule has 0 atom stereocenters. The molecular formula is C9H10Cl2N4O2. The number of urea groups is 1. The van der Waals surface area contributed by atoms with E-state index in [1.165, 1.54) is 6.07 Å². The summed E-state index contributed by atoms with van der Waals surface area (Å²) in [7, 11) is 0. The van der Waals surface area contributed by atoms with Gasteiger partial charge in [0, 0.05) is 5.69 Å². The van der Waals surface area contributed by atoms with Gasteiger partial charge < -0.3 is 21.6 Å². The molecule has 92 valence electrons. The molecule has 6 nitrogen and oxygen atoms in total. The third kappa shape index (κ3) is 4.38. The minimum atomic E-state index is -0.505. The summed E-state index contributed by atoms with van der Waals surface area (Å²) in [6.07, 6.45) is 0. The van der Waals surface area contributed by atoms with E-state index in [4.69, 9.17) is 34.1 Å². The maximum absolute atomic E-state index is 11.3. The van der Waals surface area contributed by atoms with Gasteiger partial charge in [0.15, 0.2) is 5.84 Å². The lowest BCUT2D eigenvalue weighted by Crippen LogP contribution is -2.36. The minimum Gasteiger partial charge on any atom is -0.409 e. The third-order valence-electron chi connectivity index (χ3n) is 1.74. The number of nitrogens with two attached hydrogens (primary N) is 1. The average molecular weight is 277 g/mol. The molecule has 0 saturated heterocycles. The van der Waals surface area contributed by atoms with Gasteiger partial charge >= 0.3 is 6.03 Å². The van der Waals surface area contributed by atoms with Crippen LogP contribution in [0.25, 0.3) is 0 Å². The second kappa shape index (κ2) is 6.17. The van der Waals surface area contributed by atoms with Crippen LogP contribution in [0.3, 0.4) is 0 Å². The van der Waals surface area contributed by atoms with Crippen molar-refractivity contribution < 1.29 is 10.0 Å². The molecule has 0 fully saturated rings. The Morgan fingerprint density at radius 1 is 1.41 bits per heavy atom. The minimum absolute atomic E-state index is 0.0658. The van der Waals surface area contributed by atoms with Gasteiger partial charge in [0.2, 0.25) is 0 Å². The number of hydrogen-bond donors (Lipinski definition) is 4. The SMILES string of the molecule is N/C(CNC(=O)Nc1ccc(Cl)c(Cl)c1)=N/O. The molecule has 5 N–H and O–H groups in total. The van der Waals surface area contributed by atoms with Gasteiger partial charge in [-0.3, -0.25) is 0 Å². The monoisotopic (exact) mass is 276 g/mol. The summed E-state index contributed by atoms with van der Waals surface area (Å²) >= 11 is 11.5. The molecule has 0 spiro atoms. The first-order valence-electron chi connectivity index (χ1n) is 4.49. The number of hydrogen-bond acceptors (Lipinski definition) is 3. The first-order chi connectivity index (χ1) is 8.02. The second-order valence-corrected chi connectivity index (χ2v) is 3.84. The molecule has 0 unspecified atom stereocenters. The molecule has 0 saturated carbocycles. The van der Waals surface area contributed by atoms with Crippen molar-refractivity contribution in [3.63, 3.8) is 0 Å². The molecule has 0 radical (unpaired) electrons. The number of nitrogens with zero attached hydrogens (tertiary/aromatic N) is 1. The highest BCUT2D eigenvalue weighted by Gasteiger charge is 2.04. The van der Waals surface area contributed by atoms with Crippen LogP contribution in [0, 0.1) is 0 Å². The fourth-order valence-electron chi connectivity index (χ4n) is 0.955. The number of carbonyl (C=O) groups is 1. The standard InChI is InChI=1S/C9H10Cl2N4O2/c10-6-2-1-5(3-7(6)11)14-9(16)13-4-8(12)15-17/h1-3,17H,4H2,(H2,12,15)(H2,13,14,16). The molecule has 8 heteroatoms. The smallest absolute Gasteiger partial charge is 0.319 e. The maximum atomic E-state index is 11.3. The summed E-state index contributed by atoms with van der Waals surface area (Å²) < 4.78 is 0. The maximum Gasteiger partial charge on any atom is 0.319 e. The Labute approximate surface area is 107 Å². The molecule has 0 aliphatic heterocycles. The molecule has 0 bridgehead atoms. The van der Waals surface area contributed by atoms with E-state index in [0.29, 0.717) is 15.7 Å². The van der Waals surface area contributed by atoms with Gasteiger partial charge in [-0.1, -0.05) is 28.4 Å². The lowest BCUT2D eigenvalue weighted by Gasteiger charge is -2.07. The number of carbonyl (C=O) groups excluding carboxylic acids is 1. The second-order valence-electron chi connectivity index (χ2n) is 3.03. The first-order valence-corrected chi connectivity index (χ1v) is 5.25. The van der Waals surface area contributed by atoms with Crippen molar-refractivity contribution in [3.8, 4) is 0 Å². The quantitative estimate of drug-likeness (QED) is 0.293. The van der Waals surface area contributed by atoms with Gasteiger partial charge in [-0.05, 0) is 18.2 Å². The average Bonchev–Trinajstić information content (AvgIpc) is 2.31. The topological polar surface area (TPSA) is 99.7 Å². The van der Waals surface area contributed by atoms with E-state index in [1.807, 2.05) is 0 Å². The summed E-state index contributed by atoms with van der Waals surface area (Å²) in [5, 5.41) is 16.6. The summed E-state index contributed by atoms with van der Waals surface area (Å²) in [6, 6.07) is 4.16. The van der Waals surface area contributed by atoms with Gasteiger partial charge in [-0.25, -0.2) is 4.79 Å². The predicted octanol–water partition coefficient (Wildman–Crippen LogP) is 1.86. The molecule has 0 aliphatic rings. The lowest BCUT2D eigenvalue weighted by molar-refractivity contribution is 0.253. The largest absolute Gasteiger partial charge is 0.409 e. The molecule has 1 rings (SSSR count). The van der Waals surface area contributed by atoms with Gasteiger partial charge in [-0.2, -0.15) is 0 Å². The summed E-state index contributed by atoms with van der Waals surface area (Å²) in [6.45, 7) is -0.0658. The fraction of sp³-hybridized carbons (Fsp3) is 0.111. The number of anilines is 1. The first kappa shape index (κ1) is 13.4. The van der Waals surface area contributed by atoms with E-state index in [2.05, 4.69) is 15.8 Å². The van der Waals surface area contributed by atoms with Crippen molar-refractivity contribution in [2.75, 3.05) is 11.9 Å². The Morgan fingerprint density at radius 2 is 2.12 bits per heavy atom. The Kier molecular flexibility index (Phi) is 4.86. The number of oxime groups is 1. The molecule has 0 heterocycles. The van der Waals surface area contributed by atoms with E-state index in [9.17, 15) is 4.79 Å². The van der Waals surface area contributed by atoms with Gasteiger partial charge in [0.25, 0.3) is 0 Å². The van der Waals surface area contributed by atoms with Crippen molar-refractivity contribution in [2.45, 2.75) is 0 Å². The highest BCUT2D eigenvalue weighted by atomic mass is 35.5. The molecular weight excluding hydrogens is 267 g/mol. The van der Waals surface area contributed by atoms with Gasteiger partial charge in [0.1, 0.15) is 0 Å². The van der Waals surface area contributed by atoms with Crippen LogP contribution in [0.1, 0.15) is 0 Å². The molecule has 2 amide bonds. The predicted molar refractivity (Wildman–Crippen MR) is 66.9 cm³/mol. The summed E-state index contributed by atoms with van der Waals surface area (Å²) in [5.74, 6) is -0.103. The Morgan fingerprint density at radius 3 is 2.71 bits per heavy atom. The van der Waals surface area contributed by atoms with Crippen molar-refractivity contribution in [1.82, 2.24) is 5.32 Å². The van der Waals surface area contributed by atoms with Crippen LogP contribution in [-0.2, 0) is 0 Å². The van der Waals surface area contributed by atoms with E-state index in [0.717, 1.165) is 0 Å². The van der Waals surface area contributed by atoms with Crippen molar-refractivity contribution in [3.05, 3.63) is 28.2 Å². The van der Waals surface area contributed by atoms with Crippen molar-refractivity contribution >= 4 is 40.8 Å². The number of benzene rings is 1. The molecule has 0 aliphatic carbocycles. The number of amidine groups is 1. The fourth-order valence-corrected chi connectivity index (χ4v) is 1.25. The zero-order valence-electron chi connectivity index (χ0n) is 8.58. The molecule has 1 aromatic carbocycles. The summed E-state index contributed by atoms with van der Waals surface area (Å²) in [5.41, 5.74) is 5.66. The van der Waals surface area contributed by atoms with Gasteiger partial charge in [0.05, 0.1) is 16.6 Å². The van der Waals surface area contributed by atoms with Crippen LogP contribution in [0.4, 0.5) is 10.5 Å². The third-order valence-corrected chi connectivity index (χ3v) is 2.48. The number of halogens is 2. The number of rotatable bonds is 3.